The van der Waals surface area contributed by atoms with Gasteiger partial charge in [-0.05, 0) is 47.2 Å². The van der Waals surface area contributed by atoms with Gasteiger partial charge in [0.2, 0.25) is 5.76 Å². The average Bonchev–Trinajstić information content (AvgIpc) is 2.32. The fourth-order valence-corrected chi connectivity index (χ4v) is 1.59. The highest BCUT2D eigenvalue weighted by Gasteiger charge is 2.14. The molecule has 0 saturated heterocycles. The topological polar surface area (TPSA) is 44.8 Å². The zero-order valence-electron chi connectivity index (χ0n) is 9.82. The number of halogens is 1. The molecule has 0 saturated carbocycles. The third-order valence-corrected chi connectivity index (χ3v) is 2.65. The Morgan fingerprint density at radius 1 is 1.35 bits per heavy atom. The Balaban J connectivity index is 2.97. The van der Waals surface area contributed by atoms with Gasteiger partial charge in [0.25, 0.3) is 0 Å². The van der Waals surface area contributed by atoms with E-state index in [1.54, 1.807) is 0 Å². The van der Waals surface area contributed by atoms with Gasteiger partial charge in [0, 0.05) is 3.57 Å². The summed E-state index contributed by atoms with van der Waals surface area (Å²) < 4.78 is 15.9. The maximum absolute atomic E-state index is 11.4. The monoisotopic (exact) mass is 348 g/mol. The van der Waals surface area contributed by atoms with Gasteiger partial charge in [-0.15, -0.1) is 0 Å². The van der Waals surface area contributed by atoms with Gasteiger partial charge in [-0.2, -0.15) is 0 Å². The highest BCUT2D eigenvalue weighted by Crippen LogP contribution is 2.23. The quantitative estimate of drug-likeness (QED) is 0.363. The molecule has 5 heteroatoms. The van der Waals surface area contributed by atoms with Crippen LogP contribution in [0, 0.1) is 10.5 Å². The molecule has 0 fully saturated rings. The lowest BCUT2D eigenvalue weighted by molar-refractivity contribution is -0.138. The van der Waals surface area contributed by atoms with Crippen molar-refractivity contribution in [2.24, 2.45) is 0 Å². The molecule has 1 aromatic carbocycles. The van der Waals surface area contributed by atoms with Crippen molar-refractivity contribution in [2.75, 3.05) is 14.2 Å². The van der Waals surface area contributed by atoms with E-state index in [4.69, 9.17) is 9.47 Å². The van der Waals surface area contributed by atoms with Gasteiger partial charge >= 0.3 is 5.97 Å². The molecule has 0 unspecified atom stereocenters. The lowest BCUT2D eigenvalue weighted by Crippen LogP contribution is -2.11. The minimum absolute atomic E-state index is 0.0140. The summed E-state index contributed by atoms with van der Waals surface area (Å²) in [7, 11) is 2.73. The van der Waals surface area contributed by atoms with Crippen LogP contribution >= 0.6 is 22.6 Å². The fraction of sp³-hybridized carbons (Fsp3) is 0.250. The van der Waals surface area contributed by atoms with Gasteiger partial charge < -0.3 is 14.2 Å². The second-order valence-corrected chi connectivity index (χ2v) is 4.47. The molecule has 0 aliphatic rings. The minimum Gasteiger partial charge on any atom is -0.500 e. The van der Waals surface area contributed by atoms with E-state index >= 15 is 0 Å². The molecule has 0 amide bonds. The molecule has 0 heterocycles. The third-order valence-electron chi connectivity index (χ3n) is 1.98. The van der Waals surface area contributed by atoms with Crippen LogP contribution in [-0.2, 0) is 14.3 Å². The zero-order chi connectivity index (χ0) is 12.8. The van der Waals surface area contributed by atoms with Crippen LogP contribution in [0.1, 0.15) is 5.56 Å². The number of hydrogen-bond donors (Lipinski definition) is 0. The summed E-state index contributed by atoms with van der Waals surface area (Å²) in [5, 5.41) is 0. The number of aryl methyl sites for hydroxylation is 1. The van der Waals surface area contributed by atoms with Crippen LogP contribution in [-0.4, -0.2) is 20.2 Å². The molecular formula is C12H13IO4. The molecule has 0 atom stereocenters. The van der Waals surface area contributed by atoms with E-state index < -0.39 is 5.97 Å². The van der Waals surface area contributed by atoms with Crippen LogP contribution in [0.2, 0.25) is 0 Å². The minimum atomic E-state index is -0.579. The molecule has 0 aliphatic carbocycles. The van der Waals surface area contributed by atoms with Gasteiger partial charge in [0.1, 0.15) is 12.0 Å². The number of carbonyl (C=O) groups excluding carboxylic acids is 1. The fourth-order valence-electron chi connectivity index (χ4n) is 1.12. The molecule has 1 aromatic rings. The molecule has 0 radical (unpaired) electrons. The van der Waals surface area contributed by atoms with Crippen molar-refractivity contribution in [1.29, 1.82) is 0 Å². The summed E-state index contributed by atoms with van der Waals surface area (Å²) in [5.41, 5.74) is 0.927. The van der Waals surface area contributed by atoms with Gasteiger partial charge in [0.05, 0.1) is 14.2 Å². The predicted octanol–water partition coefficient (Wildman–Crippen LogP) is 2.64. The first-order valence-electron chi connectivity index (χ1n) is 4.83. The first-order valence-corrected chi connectivity index (χ1v) is 5.91. The average molecular weight is 348 g/mol. The zero-order valence-corrected chi connectivity index (χ0v) is 12.0. The summed E-state index contributed by atoms with van der Waals surface area (Å²) in [6, 6.07) is 5.71. The van der Waals surface area contributed by atoms with E-state index in [0.29, 0.717) is 5.75 Å². The van der Waals surface area contributed by atoms with Crippen LogP contribution in [0.25, 0.3) is 0 Å². The molecule has 4 nitrogen and oxygen atoms in total. The van der Waals surface area contributed by atoms with Crippen LogP contribution in [0.3, 0.4) is 0 Å². The molecule has 0 bridgehead atoms. The van der Waals surface area contributed by atoms with E-state index in [-0.39, 0.29) is 5.76 Å². The number of esters is 1. The van der Waals surface area contributed by atoms with Gasteiger partial charge in [-0.25, -0.2) is 4.79 Å². The molecule has 0 spiro atoms. The van der Waals surface area contributed by atoms with Crippen LogP contribution in [0.5, 0.6) is 5.75 Å². The van der Waals surface area contributed by atoms with Crippen molar-refractivity contribution in [3.63, 3.8) is 0 Å². The largest absolute Gasteiger partial charge is 0.500 e. The van der Waals surface area contributed by atoms with Crippen molar-refractivity contribution in [3.05, 3.63) is 39.4 Å². The first-order chi connectivity index (χ1) is 8.08. The standard InChI is InChI=1S/C12H13IO4/c1-8-4-5-9(13)6-10(8)17-11(7-15-2)12(14)16-3/h4-7H,1-3H3/b11-7-. The van der Waals surface area contributed by atoms with Gasteiger partial charge in [0.15, 0.2) is 0 Å². The highest BCUT2D eigenvalue weighted by atomic mass is 127. The third kappa shape index (κ3) is 3.92. The van der Waals surface area contributed by atoms with E-state index in [9.17, 15) is 4.79 Å². The Morgan fingerprint density at radius 3 is 2.65 bits per heavy atom. The number of ether oxygens (including phenoxy) is 3. The molecule has 0 N–H and O–H groups in total. The summed E-state index contributed by atoms with van der Waals surface area (Å²) in [6.45, 7) is 1.90. The Kier molecular flexibility index (Phi) is 5.27. The molecule has 1 rings (SSSR count). The Hall–Kier alpha value is -1.24. The van der Waals surface area contributed by atoms with E-state index in [2.05, 4.69) is 27.3 Å². The number of carbonyl (C=O) groups is 1. The maximum atomic E-state index is 11.4. The summed E-state index contributed by atoms with van der Waals surface area (Å²) in [4.78, 5) is 11.4. The summed E-state index contributed by atoms with van der Waals surface area (Å²) in [6.07, 6.45) is 1.21. The highest BCUT2D eigenvalue weighted by molar-refractivity contribution is 14.1. The maximum Gasteiger partial charge on any atom is 0.377 e. The number of rotatable bonds is 4. The van der Waals surface area contributed by atoms with Crippen molar-refractivity contribution < 1.29 is 19.0 Å². The normalized spacial score (nSPS) is 10.9. The molecule has 17 heavy (non-hydrogen) atoms. The van der Waals surface area contributed by atoms with Crippen molar-refractivity contribution in [1.82, 2.24) is 0 Å². The molecular weight excluding hydrogens is 335 g/mol. The van der Waals surface area contributed by atoms with E-state index in [1.807, 2.05) is 25.1 Å². The van der Waals surface area contributed by atoms with Crippen LogP contribution in [0.4, 0.5) is 0 Å². The molecule has 0 aliphatic heterocycles. The van der Waals surface area contributed by atoms with Crippen molar-refractivity contribution in [3.8, 4) is 5.75 Å². The summed E-state index contributed by atoms with van der Waals surface area (Å²) in [5.74, 6) is 0.0378. The number of benzene rings is 1. The Labute approximate surface area is 114 Å². The summed E-state index contributed by atoms with van der Waals surface area (Å²) >= 11 is 2.17. The smallest absolute Gasteiger partial charge is 0.377 e. The Morgan fingerprint density at radius 2 is 2.06 bits per heavy atom. The van der Waals surface area contributed by atoms with Gasteiger partial charge in [-0.1, -0.05) is 6.07 Å². The van der Waals surface area contributed by atoms with Crippen LogP contribution in [0.15, 0.2) is 30.2 Å². The first kappa shape index (κ1) is 13.8. The second-order valence-electron chi connectivity index (χ2n) is 3.22. The SMILES string of the molecule is CO/C=C(\Oc1cc(I)ccc1C)C(=O)OC. The number of methoxy groups -OCH3 is 2. The number of hydrogen-bond acceptors (Lipinski definition) is 4. The van der Waals surface area contributed by atoms with Crippen molar-refractivity contribution >= 4 is 28.6 Å². The van der Waals surface area contributed by atoms with E-state index in [1.165, 1.54) is 20.5 Å². The van der Waals surface area contributed by atoms with Crippen LogP contribution < -0.4 is 4.74 Å². The van der Waals surface area contributed by atoms with E-state index in [0.717, 1.165) is 9.13 Å². The Bertz CT molecular complexity index is 440. The lowest BCUT2D eigenvalue weighted by atomic mass is 10.2. The molecule has 92 valence electrons. The lowest BCUT2D eigenvalue weighted by Gasteiger charge is -2.10. The van der Waals surface area contributed by atoms with Gasteiger partial charge in [-0.3, -0.25) is 0 Å². The second kappa shape index (κ2) is 6.48. The predicted molar refractivity (Wildman–Crippen MR) is 71.6 cm³/mol. The van der Waals surface area contributed by atoms with Crippen molar-refractivity contribution in [2.45, 2.75) is 6.92 Å². The molecule has 0 aromatic heterocycles.